The summed E-state index contributed by atoms with van der Waals surface area (Å²) >= 11 is 1.78. The summed E-state index contributed by atoms with van der Waals surface area (Å²) in [5.41, 5.74) is 13.9. The molecule has 0 amide bonds. The summed E-state index contributed by atoms with van der Waals surface area (Å²) in [4.78, 5) is 11.2. The summed E-state index contributed by atoms with van der Waals surface area (Å²) < 4.78 is 1.22. The molecule has 10 rings (SSSR count). The Labute approximate surface area is 279 Å². The van der Waals surface area contributed by atoms with Crippen LogP contribution in [-0.2, 0) is 5.41 Å². The van der Waals surface area contributed by atoms with Crippen LogP contribution >= 0.6 is 11.3 Å². The average molecular weight is 626 g/mol. The summed E-state index contributed by atoms with van der Waals surface area (Å²) in [6.45, 7) is 4.91. The monoisotopic (exact) mass is 625 g/mol. The first-order chi connectivity index (χ1) is 23.0. The molecule has 1 N–H and O–H groups in total. The van der Waals surface area contributed by atoms with Crippen molar-refractivity contribution in [2.45, 2.75) is 38.5 Å². The zero-order chi connectivity index (χ0) is 31.3. The van der Waals surface area contributed by atoms with Gasteiger partial charge in [0.25, 0.3) is 0 Å². The van der Waals surface area contributed by atoms with Crippen LogP contribution in [-0.4, -0.2) is 9.97 Å². The Morgan fingerprint density at radius 1 is 0.851 bits per heavy atom. The number of hydrogen-bond donors (Lipinski definition) is 1. The van der Waals surface area contributed by atoms with Gasteiger partial charge in [-0.05, 0) is 108 Å². The minimum atomic E-state index is -0.0574. The number of thiazole rings is 1. The third-order valence-electron chi connectivity index (χ3n) is 10.8. The number of aromatic amines is 1. The molecular formula is C43H35N3S. The molecule has 2 unspecified atom stereocenters. The molecule has 3 heterocycles. The first-order valence-corrected chi connectivity index (χ1v) is 17.7. The van der Waals surface area contributed by atoms with Crippen molar-refractivity contribution in [3.63, 3.8) is 0 Å². The van der Waals surface area contributed by atoms with Crippen molar-refractivity contribution in [1.82, 2.24) is 9.97 Å². The zero-order valence-electron chi connectivity index (χ0n) is 26.6. The summed E-state index contributed by atoms with van der Waals surface area (Å²) in [5.74, 6) is 1.44. The molecule has 2 atom stereocenters. The molecule has 228 valence electrons. The van der Waals surface area contributed by atoms with E-state index in [1.807, 2.05) is 0 Å². The Kier molecular flexibility index (Phi) is 5.81. The van der Waals surface area contributed by atoms with Gasteiger partial charge < -0.3 is 9.88 Å². The third kappa shape index (κ3) is 4.21. The Morgan fingerprint density at radius 3 is 2.62 bits per heavy atom. The van der Waals surface area contributed by atoms with Gasteiger partial charge in [-0.3, -0.25) is 0 Å². The summed E-state index contributed by atoms with van der Waals surface area (Å²) in [6, 6.07) is 29.5. The second-order valence-electron chi connectivity index (χ2n) is 14.0. The lowest BCUT2D eigenvalue weighted by atomic mass is 9.70. The maximum atomic E-state index is 5.02. The van der Waals surface area contributed by atoms with E-state index in [4.69, 9.17) is 4.98 Å². The molecule has 1 aliphatic heterocycles. The van der Waals surface area contributed by atoms with Crippen molar-refractivity contribution in [2.24, 2.45) is 11.8 Å². The van der Waals surface area contributed by atoms with E-state index in [1.54, 1.807) is 16.9 Å². The van der Waals surface area contributed by atoms with Crippen LogP contribution in [0.1, 0.15) is 43.7 Å². The molecule has 1 saturated carbocycles. The molecule has 3 nitrogen and oxygen atoms in total. The number of nitrogens with one attached hydrogen (secondary N) is 1. The van der Waals surface area contributed by atoms with E-state index in [0.29, 0.717) is 5.92 Å². The second kappa shape index (κ2) is 10.0. The molecule has 0 bridgehead atoms. The van der Waals surface area contributed by atoms with E-state index in [-0.39, 0.29) is 5.41 Å². The van der Waals surface area contributed by atoms with Gasteiger partial charge in [0, 0.05) is 44.2 Å². The van der Waals surface area contributed by atoms with Gasteiger partial charge in [-0.15, -0.1) is 11.3 Å². The van der Waals surface area contributed by atoms with Crippen molar-refractivity contribution in [3.8, 4) is 11.1 Å². The van der Waals surface area contributed by atoms with E-state index in [0.717, 1.165) is 33.9 Å². The van der Waals surface area contributed by atoms with Crippen molar-refractivity contribution >= 4 is 60.3 Å². The predicted octanol–water partition coefficient (Wildman–Crippen LogP) is 11.8. The number of hydrogen-bond acceptors (Lipinski definition) is 3. The normalized spacial score (nSPS) is 21.1. The molecule has 4 aromatic carbocycles. The lowest BCUT2D eigenvalue weighted by Gasteiger charge is -2.43. The van der Waals surface area contributed by atoms with Crippen LogP contribution in [0.15, 0.2) is 133 Å². The summed E-state index contributed by atoms with van der Waals surface area (Å²) in [5, 5.41) is 3.58. The first-order valence-electron chi connectivity index (χ1n) is 16.8. The number of anilines is 2. The highest BCUT2D eigenvalue weighted by atomic mass is 32.1. The maximum Gasteiger partial charge on any atom is 0.124 e. The number of H-pyrrole nitrogens is 1. The van der Waals surface area contributed by atoms with Gasteiger partial charge in [-0.25, -0.2) is 4.98 Å². The number of para-hydroxylation sites is 1. The standard InChI is InChI=1S/C43H35N3S/c1-43(2)34-23-28(18-20-38(34)46(30-14-8-5-9-15-30)39-16-10-13-29-22-31(29)41(39)43)27-17-19-35-32(21-27)33-24-40-37(25-36(33)44-35)45-42(47-40)26-11-6-3-4-7-12-26/h3,5-12,14-21,23-25,29,31,44H,4,13,22H2,1-2H3. The van der Waals surface area contributed by atoms with Crippen molar-refractivity contribution in [1.29, 1.82) is 0 Å². The van der Waals surface area contributed by atoms with E-state index < -0.39 is 0 Å². The van der Waals surface area contributed by atoms with Crippen LogP contribution in [0.3, 0.4) is 0 Å². The summed E-state index contributed by atoms with van der Waals surface area (Å²) in [7, 11) is 0. The first kappa shape index (κ1) is 27.2. The molecule has 0 spiro atoms. The molecule has 3 aliphatic carbocycles. The van der Waals surface area contributed by atoms with Crippen molar-refractivity contribution < 1.29 is 0 Å². The third-order valence-corrected chi connectivity index (χ3v) is 11.9. The van der Waals surface area contributed by atoms with Crippen molar-refractivity contribution in [2.75, 3.05) is 4.90 Å². The van der Waals surface area contributed by atoms with Gasteiger partial charge >= 0.3 is 0 Å². The smallest absolute Gasteiger partial charge is 0.124 e. The molecule has 6 aromatic rings. The lowest BCUT2D eigenvalue weighted by molar-refractivity contribution is 0.554. The van der Waals surface area contributed by atoms with E-state index in [1.165, 1.54) is 67.6 Å². The molecule has 4 heteroatoms. The van der Waals surface area contributed by atoms with Gasteiger partial charge in [0.15, 0.2) is 0 Å². The molecular weight excluding hydrogens is 591 g/mol. The SMILES string of the molecule is CC1(C)C2=C(C=CCC3CC23)N(c2ccccc2)c2ccc(-c3ccc4[nH]c5cc6nc(C7=CC=CCC=C7)sc6cc5c4c3)cc21. The largest absolute Gasteiger partial charge is 0.354 e. The van der Waals surface area contributed by atoms with Crippen LogP contribution in [0.4, 0.5) is 11.4 Å². The minimum Gasteiger partial charge on any atom is -0.354 e. The quantitative estimate of drug-likeness (QED) is 0.212. The molecule has 0 radical (unpaired) electrons. The number of nitrogens with zero attached hydrogens (tertiary/aromatic N) is 2. The number of allylic oxidation sites excluding steroid dienone is 9. The van der Waals surface area contributed by atoms with Gasteiger partial charge in [0.2, 0.25) is 0 Å². The van der Waals surface area contributed by atoms with Crippen molar-refractivity contribution in [3.05, 3.63) is 143 Å². The average Bonchev–Trinajstić information content (AvgIpc) is 3.73. The Morgan fingerprint density at radius 2 is 1.70 bits per heavy atom. The highest BCUT2D eigenvalue weighted by molar-refractivity contribution is 7.19. The molecule has 47 heavy (non-hydrogen) atoms. The minimum absolute atomic E-state index is 0.0574. The van der Waals surface area contributed by atoms with Crippen LogP contribution in [0.2, 0.25) is 0 Å². The van der Waals surface area contributed by atoms with E-state index in [2.05, 4.69) is 145 Å². The number of fused-ring (bicyclic) bond motifs is 7. The maximum absolute atomic E-state index is 5.02. The summed E-state index contributed by atoms with van der Waals surface area (Å²) in [6.07, 6.45) is 19.1. The zero-order valence-corrected chi connectivity index (χ0v) is 27.4. The Balaban J connectivity index is 1.10. The van der Waals surface area contributed by atoms with Gasteiger partial charge in [-0.1, -0.05) is 80.6 Å². The number of benzene rings is 4. The highest BCUT2D eigenvalue weighted by Gasteiger charge is 2.50. The van der Waals surface area contributed by atoms with Crippen LogP contribution in [0.25, 0.3) is 48.7 Å². The number of rotatable bonds is 3. The fourth-order valence-electron chi connectivity index (χ4n) is 8.36. The fourth-order valence-corrected chi connectivity index (χ4v) is 9.35. The van der Waals surface area contributed by atoms with Gasteiger partial charge in [0.1, 0.15) is 5.01 Å². The highest BCUT2D eigenvalue weighted by Crippen LogP contribution is 2.60. The van der Waals surface area contributed by atoms with Crippen LogP contribution < -0.4 is 4.90 Å². The lowest BCUT2D eigenvalue weighted by Crippen LogP contribution is -2.35. The van der Waals surface area contributed by atoms with E-state index in [9.17, 15) is 0 Å². The topological polar surface area (TPSA) is 31.9 Å². The molecule has 0 saturated heterocycles. The second-order valence-corrected chi connectivity index (χ2v) is 15.1. The van der Waals surface area contributed by atoms with Crippen LogP contribution in [0.5, 0.6) is 0 Å². The van der Waals surface area contributed by atoms with Gasteiger partial charge in [0.05, 0.1) is 15.9 Å². The fraction of sp³-hybridized carbons (Fsp3) is 0.186. The van der Waals surface area contributed by atoms with Crippen LogP contribution in [0, 0.1) is 11.8 Å². The van der Waals surface area contributed by atoms with E-state index >= 15 is 0 Å². The molecule has 2 aromatic heterocycles. The Hall–Kier alpha value is -4.93. The molecule has 1 fully saturated rings. The molecule has 4 aliphatic rings. The number of aromatic nitrogens is 2. The predicted molar refractivity (Wildman–Crippen MR) is 199 cm³/mol. The Bertz CT molecular complexity index is 2430. The van der Waals surface area contributed by atoms with Gasteiger partial charge in [-0.2, -0.15) is 0 Å².